The van der Waals surface area contributed by atoms with Crippen molar-refractivity contribution in [3.05, 3.63) is 89.7 Å². The number of hydrogen-bond donors (Lipinski definition) is 1. The lowest BCUT2D eigenvalue weighted by Gasteiger charge is -2.35. The number of carbonyl (C=O) groups is 1. The summed E-state index contributed by atoms with van der Waals surface area (Å²) >= 11 is 0. The van der Waals surface area contributed by atoms with Gasteiger partial charge in [-0.3, -0.25) is 4.79 Å². The summed E-state index contributed by atoms with van der Waals surface area (Å²) in [6.07, 6.45) is 0.235. The molecule has 0 saturated heterocycles. The second kappa shape index (κ2) is 8.49. The summed E-state index contributed by atoms with van der Waals surface area (Å²) in [5.41, 5.74) is 2.29. The number of methoxy groups -OCH3 is 1. The second-order valence-corrected chi connectivity index (χ2v) is 9.10. The number of fused-ring (bicyclic) bond motifs is 1. The molecule has 0 aliphatic carbocycles. The van der Waals surface area contributed by atoms with Crippen molar-refractivity contribution in [1.82, 2.24) is 4.31 Å². The van der Waals surface area contributed by atoms with Crippen LogP contribution in [0.4, 0.5) is 10.1 Å². The van der Waals surface area contributed by atoms with Gasteiger partial charge in [-0.05, 0) is 66.1 Å². The summed E-state index contributed by atoms with van der Waals surface area (Å²) in [4.78, 5) is 13.1. The molecule has 3 aromatic carbocycles. The quantitative estimate of drug-likeness (QED) is 0.658. The zero-order chi connectivity index (χ0) is 22.0. The van der Waals surface area contributed by atoms with Gasteiger partial charge in [-0.2, -0.15) is 4.31 Å². The Morgan fingerprint density at radius 2 is 1.65 bits per heavy atom. The maximum atomic E-state index is 13.4. The van der Waals surface area contributed by atoms with Gasteiger partial charge in [0, 0.05) is 12.2 Å². The molecule has 0 radical (unpaired) electrons. The fourth-order valence-electron chi connectivity index (χ4n) is 3.62. The average Bonchev–Trinajstić information content (AvgIpc) is 2.79. The highest BCUT2D eigenvalue weighted by molar-refractivity contribution is 7.89. The number of anilines is 1. The van der Waals surface area contributed by atoms with Crippen LogP contribution in [0.5, 0.6) is 5.75 Å². The molecule has 1 atom stereocenters. The third kappa shape index (κ3) is 4.30. The van der Waals surface area contributed by atoms with Crippen LogP contribution in [0.1, 0.15) is 11.1 Å². The van der Waals surface area contributed by atoms with Gasteiger partial charge in [0.1, 0.15) is 17.6 Å². The lowest BCUT2D eigenvalue weighted by atomic mass is 9.95. The van der Waals surface area contributed by atoms with Crippen LogP contribution in [0.15, 0.2) is 77.7 Å². The molecule has 0 bridgehead atoms. The minimum atomic E-state index is -4.03. The van der Waals surface area contributed by atoms with Crippen molar-refractivity contribution >= 4 is 21.6 Å². The first kappa shape index (κ1) is 21.0. The Kier molecular flexibility index (Phi) is 5.75. The zero-order valence-corrected chi connectivity index (χ0v) is 17.6. The van der Waals surface area contributed by atoms with Crippen LogP contribution in [0.3, 0.4) is 0 Å². The standard InChI is InChI=1S/C23H21FN2O4S/c1-30-20-10-8-19(9-11-20)25-23(27)22-14-16-4-2-3-5-17(16)15-26(22)31(28,29)21-12-6-18(24)7-13-21/h2-13,22H,14-15H2,1H3,(H,25,27). The van der Waals surface area contributed by atoms with E-state index in [-0.39, 0.29) is 17.9 Å². The minimum Gasteiger partial charge on any atom is -0.497 e. The van der Waals surface area contributed by atoms with Crippen molar-refractivity contribution < 1.29 is 22.3 Å². The summed E-state index contributed by atoms with van der Waals surface area (Å²) in [6, 6.07) is 17.9. The molecule has 31 heavy (non-hydrogen) atoms. The summed E-state index contributed by atoms with van der Waals surface area (Å²) in [6.45, 7) is 0.0522. The minimum absolute atomic E-state index is 0.0522. The normalized spacial score (nSPS) is 16.4. The summed E-state index contributed by atoms with van der Waals surface area (Å²) in [5, 5.41) is 2.80. The average molecular weight is 440 g/mol. The van der Waals surface area contributed by atoms with E-state index < -0.39 is 27.8 Å². The lowest BCUT2D eigenvalue weighted by molar-refractivity contribution is -0.120. The van der Waals surface area contributed by atoms with Crippen LogP contribution in [0, 0.1) is 5.82 Å². The number of nitrogens with zero attached hydrogens (tertiary/aromatic N) is 1. The molecule has 1 aliphatic rings. The molecule has 6 nitrogen and oxygen atoms in total. The van der Waals surface area contributed by atoms with E-state index in [4.69, 9.17) is 4.74 Å². The molecule has 160 valence electrons. The molecule has 3 aromatic rings. The van der Waals surface area contributed by atoms with Crippen LogP contribution in [-0.4, -0.2) is 31.8 Å². The molecule has 0 saturated carbocycles. The maximum absolute atomic E-state index is 13.4. The number of halogens is 1. The van der Waals surface area contributed by atoms with Crippen molar-refractivity contribution in [2.75, 3.05) is 12.4 Å². The monoisotopic (exact) mass is 440 g/mol. The van der Waals surface area contributed by atoms with E-state index in [1.54, 1.807) is 31.4 Å². The molecule has 1 aliphatic heterocycles. The number of sulfonamides is 1. The highest BCUT2D eigenvalue weighted by Crippen LogP contribution is 2.30. The molecule has 1 N–H and O–H groups in total. The molecule has 1 heterocycles. The number of benzene rings is 3. The molecule has 0 spiro atoms. The Morgan fingerprint density at radius 3 is 2.29 bits per heavy atom. The molecular weight excluding hydrogens is 419 g/mol. The molecule has 0 fully saturated rings. The number of carbonyl (C=O) groups excluding carboxylic acids is 1. The molecule has 4 rings (SSSR count). The molecule has 1 unspecified atom stereocenters. The number of amides is 1. The van der Waals surface area contributed by atoms with Crippen LogP contribution in [0.25, 0.3) is 0 Å². The number of hydrogen-bond acceptors (Lipinski definition) is 4. The molecular formula is C23H21FN2O4S. The van der Waals surface area contributed by atoms with Gasteiger partial charge >= 0.3 is 0 Å². The summed E-state index contributed by atoms with van der Waals surface area (Å²) in [5.74, 6) is -0.327. The van der Waals surface area contributed by atoms with Crippen molar-refractivity contribution in [2.45, 2.75) is 23.9 Å². The summed E-state index contributed by atoms with van der Waals surface area (Å²) < 4.78 is 46.4. The third-order valence-corrected chi connectivity index (χ3v) is 7.15. The fourth-order valence-corrected chi connectivity index (χ4v) is 5.18. The van der Waals surface area contributed by atoms with Crippen molar-refractivity contribution in [3.8, 4) is 5.75 Å². The van der Waals surface area contributed by atoms with Gasteiger partial charge in [-0.25, -0.2) is 12.8 Å². The first-order chi connectivity index (χ1) is 14.9. The molecule has 1 amide bonds. The van der Waals surface area contributed by atoms with Crippen molar-refractivity contribution in [1.29, 1.82) is 0 Å². The largest absolute Gasteiger partial charge is 0.497 e. The Morgan fingerprint density at radius 1 is 1.00 bits per heavy atom. The van der Waals surface area contributed by atoms with Gasteiger partial charge in [0.05, 0.1) is 12.0 Å². The van der Waals surface area contributed by atoms with Gasteiger partial charge in [-0.15, -0.1) is 0 Å². The Hall–Kier alpha value is -3.23. The van der Waals surface area contributed by atoms with Gasteiger partial charge in [0.15, 0.2) is 0 Å². The fraction of sp³-hybridized carbons (Fsp3) is 0.174. The molecule has 0 aromatic heterocycles. The number of ether oxygens (including phenoxy) is 1. The lowest BCUT2D eigenvalue weighted by Crippen LogP contribution is -2.50. The highest BCUT2D eigenvalue weighted by atomic mass is 32.2. The predicted octanol–water partition coefficient (Wildman–Crippen LogP) is 3.59. The maximum Gasteiger partial charge on any atom is 0.244 e. The van der Waals surface area contributed by atoms with Gasteiger partial charge in [0.2, 0.25) is 15.9 Å². The van der Waals surface area contributed by atoms with Crippen LogP contribution in [-0.2, 0) is 27.8 Å². The van der Waals surface area contributed by atoms with E-state index in [0.29, 0.717) is 11.4 Å². The SMILES string of the molecule is COc1ccc(NC(=O)C2Cc3ccccc3CN2S(=O)(=O)c2ccc(F)cc2)cc1. The Bertz CT molecular complexity index is 1200. The van der Waals surface area contributed by atoms with Gasteiger partial charge < -0.3 is 10.1 Å². The van der Waals surface area contributed by atoms with Gasteiger partial charge in [0.25, 0.3) is 0 Å². The zero-order valence-electron chi connectivity index (χ0n) is 16.8. The summed E-state index contributed by atoms with van der Waals surface area (Å²) in [7, 11) is -2.49. The van der Waals surface area contributed by atoms with E-state index in [9.17, 15) is 17.6 Å². The third-order valence-electron chi connectivity index (χ3n) is 5.29. The van der Waals surface area contributed by atoms with E-state index >= 15 is 0 Å². The van der Waals surface area contributed by atoms with Gasteiger partial charge in [-0.1, -0.05) is 24.3 Å². The van der Waals surface area contributed by atoms with Crippen LogP contribution < -0.4 is 10.1 Å². The Labute approximate surface area is 180 Å². The Balaban J connectivity index is 1.68. The predicted molar refractivity (Wildman–Crippen MR) is 115 cm³/mol. The van der Waals surface area contributed by atoms with Crippen LogP contribution in [0.2, 0.25) is 0 Å². The smallest absolute Gasteiger partial charge is 0.244 e. The topological polar surface area (TPSA) is 75.7 Å². The van der Waals surface area contributed by atoms with E-state index in [0.717, 1.165) is 23.3 Å². The van der Waals surface area contributed by atoms with Crippen LogP contribution >= 0.6 is 0 Å². The first-order valence-corrected chi connectivity index (χ1v) is 11.1. The van der Waals surface area contributed by atoms with Crippen molar-refractivity contribution in [3.63, 3.8) is 0 Å². The van der Waals surface area contributed by atoms with Crippen molar-refractivity contribution in [2.24, 2.45) is 0 Å². The number of rotatable bonds is 5. The van der Waals surface area contributed by atoms with E-state index in [2.05, 4.69) is 5.32 Å². The first-order valence-electron chi connectivity index (χ1n) is 9.67. The molecule has 8 heteroatoms. The van der Waals surface area contributed by atoms with E-state index in [1.807, 2.05) is 24.3 Å². The highest BCUT2D eigenvalue weighted by Gasteiger charge is 2.39. The van der Waals surface area contributed by atoms with E-state index in [1.165, 1.54) is 16.4 Å². The number of nitrogens with one attached hydrogen (secondary N) is 1. The second-order valence-electron chi connectivity index (χ2n) is 7.21.